The largest absolute Gasteiger partial charge is 0.494 e. The van der Waals surface area contributed by atoms with Crippen molar-refractivity contribution in [2.24, 2.45) is 5.92 Å². The zero-order valence-corrected chi connectivity index (χ0v) is 12.3. The normalized spacial score (nSPS) is 23.9. The van der Waals surface area contributed by atoms with E-state index in [0.29, 0.717) is 18.1 Å². The van der Waals surface area contributed by atoms with Crippen molar-refractivity contribution in [1.29, 1.82) is 0 Å². The summed E-state index contributed by atoms with van der Waals surface area (Å²) in [5.74, 6) is 0.541. The number of benzene rings is 1. The van der Waals surface area contributed by atoms with Gasteiger partial charge in [0.1, 0.15) is 0 Å². The van der Waals surface area contributed by atoms with Crippen molar-refractivity contribution in [2.75, 3.05) is 0 Å². The number of unbranched alkanes of at least 4 members (excludes halogenated alkanes) is 1. The van der Waals surface area contributed by atoms with Crippen LogP contribution in [0.25, 0.3) is 0 Å². The first kappa shape index (κ1) is 14.6. The third kappa shape index (κ3) is 4.08. The molecule has 0 aliphatic carbocycles. The van der Waals surface area contributed by atoms with E-state index < -0.39 is 0 Å². The molecule has 2 atom stereocenters. The number of hydrogen-bond acceptors (Lipinski definition) is 2. The molecule has 0 spiro atoms. The summed E-state index contributed by atoms with van der Waals surface area (Å²) in [7, 11) is -0.191. The van der Waals surface area contributed by atoms with Gasteiger partial charge in [0, 0.05) is 12.2 Å². The zero-order valence-electron chi connectivity index (χ0n) is 12.3. The Hall–Kier alpha value is -0.795. The van der Waals surface area contributed by atoms with Crippen LogP contribution in [0.3, 0.4) is 0 Å². The van der Waals surface area contributed by atoms with E-state index in [2.05, 4.69) is 32.9 Å². The van der Waals surface area contributed by atoms with Gasteiger partial charge in [0.05, 0.1) is 0 Å². The molecular weight excluding hydrogens is 235 g/mol. The molecule has 1 fully saturated rings. The summed E-state index contributed by atoms with van der Waals surface area (Å²) in [6.07, 6.45) is 5.28. The quantitative estimate of drug-likeness (QED) is 0.755. The van der Waals surface area contributed by atoms with Crippen LogP contribution in [0, 0.1) is 5.92 Å². The summed E-state index contributed by atoms with van der Waals surface area (Å²) in [5.41, 5.74) is 1.13. The molecule has 0 saturated carbocycles. The van der Waals surface area contributed by atoms with E-state index >= 15 is 0 Å². The van der Waals surface area contributed by atoms with Gasteiger partial charge >= 0.3 is 7.12 Å². The Balaban J connectivity index is 2.06. The maximum absolute atomic E-state index is 6.13. The Morgan fingerprint density at radius 3 is 2.58 bits per heavy atom. The van der Waals surface area contributed by atoms with Crippen molar-refractivity contribution < 1.29 is 9.31 Å². The molecule has 2 nitrogen and oxygen atoms in total. The lowest BCUT2D eigenvalue weighted by Crippen LogP contribution is -2.49. The van der Waals surface area contributed by atoms with Gasteiger partial charge in [-0.25, -0.2) is 0 Å². The van der Waals surface area contributed by atoms with Gasteiger partial charge in [-0.1, -0.05) is 63.9 Å². The van der Waals surface area contributed by atoms with Crippen molar-refractivity contribution in [3.8, 4) is 0 Å². The van der Waals surface area contributed by atoms with E-state index in [9.17, 15) is 0 Å². The maximum Gasteiger partial charge on any atom is 0.494 e. The standard InChI is InChI=1S/C16H25BO2/c1-4-5-11-15-12-16(13(2)3)19-17(18-15)14-9-7-6-8-10-14/h6-10,13,15-16H,4-5,11-12H2,1-3H3/t15-,16-/m0/s1. The van der Waals surface area contributed by atoms with Crippen LogP contribution in [0.1, 0.15) is 46.5 Å². The second-order valence-corrected chi connectivity index (χ2v) is 5.80. The molecule has 0 unspecified atom stereocenters. The van der Waals surface area contributed by atoms with Crippen molar-refractivity contribution in [2.45, 2.75) is 58.7 Å². The molecule has 1 aromatic rings. The third-order valence-electron chi connectivity index (χ3n) is 3.80. The van der Waals surface area contributed by atoms with Crippen LogP contribution in [0.4, 0.5) is 0 Å². The highest BCUT2D eigenvalue weighted by atomic mass is 16.6. The Bertz CT molecular complexity index is 366. The molecule has 19 heavy (non-hydrogen) atoms. The van der Waals surface area contributed by atoms with Gasteiger partial charge in [-0.15, -0.1) is 0 Å². The van der Waals surface area contributed by atoms with Crippen molar-refractivity contribution in [3.05, 3.63) is 30.3 Å². The smallest absolute Gasteiger partial charge is 0.404 e. The molecule has 3 heteroatoms. The molecular formula is C16H25BO2. The lowest BCUT2D eigenvalue weighted by Gasteiger charge is -2.36. The monoisotopic (exact) mass is 260 g/mol. The summed E-state index contributed by atoms with van der Waals surface area (Å²) in [4.78, 5) is 0. The minimum atomic E-state index is -0.191. The summed E-state index contributed by atoms with van der Waals surface area (Å²) < 4.78 is 12.3. The van der Waals surface area contributed by atoms with Crippen LogP contribution < -0.4 is 5.46 Å². The highest BCUT2D eigenvalue weighted by Crippen LogP contribution is 2.25. The SMILES string of the molecule is CCCC[C@H]1C[C@@H](C(C)C)OB(c2ccccc2)O1. The molecule has 1 aromatic carbocycles. The third-order valence-corrected chi connectivity index (χ3v) is 3.80. The summed E-state index contributed by atoms with van der Waals surface area (Å²) in [5, 5.41) is 0. The summed E-state index contributed by atoms with van der Waals surface area (Å²) in [6.45, 7) is 6.69. The van der Waals surface area contributed by atoms with Crippen molar-refractivity contribution in [1.82, 2.24) is 0 Å². The fourth-order valence-corrected chi connectivity index (χ4v) is 2.55. The molecule has 1 saturated heterocycles. The first-order valence-corrected chi connectivity index (χ1v) is 7.56. The van der Waals surface area contributed by atoms with E-state index in [1.54, 1.807) is 0 Å². The Kier molecular flexibility index (Phi) is 5.47. The van der Waals surface area contributed by atoms with Crippen LogP contribution in [0.15, 0.2) is 30.3 Å². The molecule has 1 aliphatic heterocycles. The van der Waals surface area contributed by atoms with Gasteiger partial charge in [0.25, 0.3) is 0 Å². The Morgan fingerprint density at radius 2 is 1.95 bits per heavy atom. The fraction of sp³-hybridized carbons (Fsp3) is 0.625. The Labute approximate surface area is 117 Å². The average molecular weight is 260 g/mol. The highest BCUT2D eigenvalue weighted by molar-refractivity contribution is 6.61. The van der Waals surface area contributed by atoms with Crippen LogP contribution in [-0.4, -0.2) is 19.3 Å². The van der Waals surface area contributed by atoms with Gasteiger partial charge in [0.15, 0.2) is 0 Å². The molecule has 2 rings (SSSR count). The van der Waals surface area contributed by atoms with Crippen LogP contribution in [0.2, 0.25) is 0 Å². The van der Waals surface area contributed by atoms with Gasteiger partial charge < -0.3 is 9.31 Å². The average Bonchev–Trinajstić information content (AvgIpc) is 2.45. The number of rotatable bonds is 5. The van der Waals surface area contributed by atoms with Gasteiger partial charge in [-0.3, -0.25) is 0 Å². The summed E-state index contributed by atoms with van der Waals surface area (Å²) >= 11 is 0. The molecule has 0 aromatic heterocycles. The van der Waals surface area contributed by atoms with Crippen molar-refractivity contribution >= 4 is 12.6 Å². The Morgan fingerprint density at radius 1 is 1.21 bits per heavy atom. The molecule has 104 valence electrons. The molecule has 0 N–H and O–H groups in total. The minimum absolute atomic E-state index is 0.191. The van der Waals surface area contributed by atoms with Crippen LogP contribution in [-0.2, 0) is 9.31 Å². The van der Waals surface area contributed by atoms with Crippen LogP contribution in [0.5, 0.6) is 0 Å². The number of hydrogen-bond donors (Lipinski definition) is 0. The maximum atomic E-state index is 6.13. The first-order valence-electron chi connectivity index (χ1n) is 7.56. The zero-order chi connectivity index (χ0) is 13.7. The van der Waals surface area contributed by atoms with Gasteiger partial charge in [-0.2, -0.15) is 0 Å². The molecule has 0 radical (unpaired) electrons. The van der Waals surface area contributed by atoms with E-state index in [1.165, 1.54) is 12.8 Å². The highest BCUT2D eigenvalue weighted by Gasteiger charge is 2.36. The second-order valence-electron chi connectivity index (χ2n) is 5.80. The van der Waals surface area contributed by atoms with E-state index in [-0.39, 0.29) is 7.12 Å². The summed E-state index contributed by atoms with van der Waals surface area (Å²) in [6, 6.07) is 10.3. The van der Waals surface area contributed by atoms with E-state index in [1.807, 2.05) is 18.2 Å². The van der Waals surface area contributed by atoms with E-state index in [4.69, 9.17) is 9.31 Å². The topological polar surface area (TPSA) is 18.5 Å². The molecule has 1 aliphatic rings. The van der Waals surface area contributed by atoms with Crippen LogP contribution >= 0.6 is 0 Å². The predicted molar refractivity (Wildman–Crippen MR) is 80.6 cm³/mol. The molecule has 0 amide bonds. The first-order chi connectivity index (χ1) is 9.20. The molecule has 1 heterocycles. The second kappa shape index (κ2) is 7.11. The van der Waals surface area contributed by atoms with Gasteiger partial charge in [0.2, 0.25) is 0 Å². The molecule has 0 bridgehead atoms. The minimum Gasteiger partial charge on any atom is -0.404 e. The van der Waals surface area contributed by atoms with E-state index in [0.717, 1.165) is 18.3 Å². The lowest BCUT2D eigenvalue weighted by molar-refractivity contribution is -0.00256. The lowest BCUT2D eigenvalue weighted by atomic mass is 9.75. The van der Waals surface area contributed by atoms with Gasteiger partial charge in [-0.05, 0) is 24.2 Å². The van der Waals surface area contributed by atoms with Crippen molar-refractivity contribution in [3.63, 3.8) is 0 Å². The fourth-order valence-electron chi connectivity index (χ4n) is 2.55. The predicted octanol–water partition coefficient (Wildman–Crippen LogP) is 3.40.